The van der Waals surface area contributed by atoms with Crippen molar-refractivity contribution in [3.63, 3.8) is 0 Å². The quantitative estimate of drug-likeness (QED) is 0.534. The van der Waals surface area contributed by atoms with E-state index in [1.165, 1.54) is 0 Å². The number of unbranched alkanes of at least 4 members (excludes halogenated alkanes) is 1. The van der Waals surface area contributed by atoms with E-state index in [0.717, 1.165) is 19.1 Å². The molecule has 0 radical (unpaired) electrons. The molecule has 0 heterocycles. The molecule has 0 aromatic carbocycles. The van der Waals surface area contributed by atoms with Crippen molar-refractivity contribution in [3.8, 4) is 0 Å². The third-order valence-electron chi connectivity index (χ3n) is 2.32. The molecule has 0 saturated heterocycles. The lowest BCUT2D eigenvalue weighted by molar-refractivity contribution is -0.122. The standard InChI is InChI=1S/C11H24N2O4S/c1-3-4-7-17-8-6-13-11(14)10(12)5-9-18(2,15)16/h10H,3-9,12H2,1-2H3,(H,13,14). The summed E-state index contributed by atoms with van der Waals surface area (Å²) in [7, 11) is -3.07. The maximum absolute atomic E-state index is 11.5. The summed E-state index contributed by atoms with van der Waals surface area (Å²) in [6.07, 6.45) is 3.34. The number of hydrogen-bond acceptors (Lipinski definition) is 5. The number of amides is 1. The fourth-order valence-electron chi connectivity index (χ4n) is 1.20. The maximum Gasteiger partial charge on any atom is 0.237 e. The lowest BCUT2D eigenvalue weighted by Gasteiger charge is -2.11. The zero-order chi connectivity index (χ0) is 14.0. The highest BCUT2D eigenvalue weighted by molar-refractivity contribution is 7.90. The Morgan fingerprint density at radius 3 is 2.61 bits per heavy atom. The Hall–Kier alpha value is -0.660. The zero-order valence-electron chi connectivity index (χ0n) is 11.1. The fourth-order valence-corrected chi connectivity index (χ4v) is 1.88. The molecule has 1 atom stereocenters. The number of carbonyl (C=O) groups excluding carboxylic acids is 1. The molecule has 0 aromatic rings. The van der Waals surface area contributed by atoms with E-state index in [1.54, 1.807) is 0 Å². The van der Waals surface area contributed by atoms with Crippen LogP contribution in [0.4, 0.5) is 0 Å². The van der Waals surface area contributed by atoms with Gasteiger partial charge in [0.15, 0.2) is 0 Å². The molecule has 0 bridgehead atoms. The molecule has 1 amide bonds. The Morgan fingerprint density at radius 2 is 2.06 bits per heavy atom. The molecular formula is C11H24N2O4S. The van der Waals surface area contributed by atoms with Crippen molar-refractivity contribution in [1.29, 1.82) is 0 Å². The van der Waals surface area contributed by atoms with Crippen LogP contribution in [0.3, 0.4) is 0 Å². The van der Waals surface area contributed by atoms with Gasteiger partial charge >= 0.3 is 0 Å². The summed E-state index contributed by atoms with van der Waals surface area (Å²) in [6.45, 7) is 3.61. The predicted octanol–water partition coefficient (Wildman–Crippen LogP) is -0.319. The summed E-state index contributed by atoms with van der Waals surface area (Å²) in [5.74, 6) is -0.410. The highest BCUT2D eigenvalue weighted by Crippen LogP contribution is 1.94. The minimum atomic E-state index is -3.07. The first-order chi connectivity index (χ1) is 8.37. The number of nitrogens with one attached hydrogen (secondary N) is 1. The molecule has 0 aromatic heterocycles. The molecule has 3 N–H and O–H groups in total. The van der Waals surface area contributed by atoms with Crippen molar-refractivity contribution in [1.82, 2.24) is 5.32 Å². The van der Waals surface area contributed by atoms with Gasteiger partial charge in [-0.2, -0.15) is 0 Å². The van der Waals surface area contributed by atoms with E-state index in [2.05, 4.69) is 12.2 Å². The summed E-state index contributed by atoms with van der Waals surface area (Å²) >= 11 is 0. The van der Waals surface area contributed by atoms with Crippen molar-refractivity contribution in [2.24, 2.45) is 5.73 Å². The van der Waals surface area contributed by atoms with Crippen molar-refractivity contribution in [2.45, 2.75) is 32.2 Å². The minimum absolute atomic E-state index is 0.0748. The average molecular weight is 280 g/mol. The summed E-state index contributed by atoms with van der Waals surface area (Å²) < 4.78 is 27.1. The van der Waals surface area contributed by atoms with Gasteiger partial charge in [-0.1, -0.05) is 13.3 Å². The number of hydrogen-bond donors (Lipinski definition) is 2. The summed E-state index contributed by atoms with van der Waals surface area (Å²) in [4.78, 5) is 11.5. The molecule has 1 unspecified atom stereocenters. The molecule has 0 saturated carbocycles. The molecule has 0 aliphatic rings. The number of nitrogens with two attached hydrogens (primary N) is 1. The third-order valence-corrected chi connectivity index (χ3v) is 3.30. The largest absolute Gasteiger partial charge is 0.380 e. The van der Waals surface area contributed by atoms with Gasteiger partial charge in [-0.05, 0) is 12.8 Å². The van der Waals surface area contributed by atoms with Crippen LogP contribution in [0.25, 0.3) is 0 Å². The van der Waals surface area contributed by atoms with E-state index < -0.39 is 15.9 Å². The first-order valence-electron chi connectivity index (χ1n) is 6.15. The lowest BCUT2D eigenvalue weighted by Crippen LogP contribution is -2.42. The van der Waals surface area contributed by atoms with Gasteiger partial charge in [-0.15, -0.1) is 0 Å². The normalized spacial score (nSPS) is 13.3. The SMILES string of the molecule is CCCCOCCNC(=O)C(N)CCS(C)(=O)=O. The van der Waals surface area contributed by atoms with Crippen LogP contribution in [-0.2, 0) is 19.4 Å². The second-order valence-corrected chi connectivity index (χ2v) is 6.54. The van der Waals surface area contributed by atoms with Crippen molar-refractivity contribution in [2.75, 3.05) is 31.8 Å². The van der Waals surface area contributed by atoms with E-state index >= 15 is 0 Å². The molecule has 0 rings (SSSR count). The van der Waals surface area contributed by atoms with Crippen LogP contribution in [0, 0.1) is 0 Å². The molecule has 18 heavy (non-hydrogen) atoms. The highest BCUT2D eigenvalue weighted by Gasteiger charge is 2.15. The van der Waals surface area contributed by atoms with Crippen LogP contribution in [-0.4, -0.2) is 52.1 Å². The van der Waals surface area contributed by atoms with Gasteiger partial charge in [-0.25, -0.2) is 8.42 Å². The van der Waals surface area contributed by atoms with Gasteiger partial charge in [0.05, 0.1) is 18.4 Å². The summed E-state index contributed by atoms with van der Waals surface area (Å²) in [5.41, 5.74) is 5.57. The Morgan fingerprint density at radius 1 is 1.39 bits per heavy atom. The molecule has 108 valence electrons. The van der Waals surface area contributed by atoms with E-state index in [4.69, 9.17) is 10.5 Å². The Kier molecular flexibility index (Phi) is 8.95. The fraction of sp³-hybridized carbons (Fsp3) is 0.909. The van der Waals surface area contributed by atoms with Gasteiger partial charge in [0.25, 0.3) is 0 Å². The van der Waals surface area contributed by atoms with E-state index in [-0.39, 0.29) is 18.1 Å². The number of ether oxygens (including phenoxy) is 1. The molecular weight excluding hydrogens is 256 g/mol. The second-order valence-electron chi connectivity index (χ2n) is 4.28. The summed E-state index contributed by atoms with van der Waals surface area (Å²) in [5, 5.41) is 2.61. The van der Waals surface area contributed by atoms with E-state index in [9.17, 15) is 13.2 Å². The Bertz CT molecular complexity index is 330. The Labute approximate surface area is 109 Å². The zero-order valence-corrected chi connectivity index (χ0v) is 12.0. The third kappa shape index (κ3) is 10.5. The number of sulfone groups is 1. The van der Waals surface area contributed by atoms with Crippen LogP contribution in [0.2, 0.25) is 0 Å². The van der Waals surface area contributed by atoms with Gasteiger partial charge in [0.2, 0.25) is 5.91 Å². The summed E-state index contributed by atoms with van der Waals surface area (Å²) in [6, 6.07) is -0.782. The highest BCUT2D eigenvalue weighted by atomic mass is 32.2. The molecule has 7 heteroatoms. The van der Waals surface area contributed by atoms with Gasteiger partial charge in [-0.3, -0.25) is 4.79 Å². The van der Waals surface area contributed by atoms with Crippen molar-refractivity contribution >= 4 is 15.7 Å². The van der Waals surface area contributed by atoms with Crippen LogP contribution >= 0.6 is 0 Å². The van der Waals surface area contributed by atoms with Crippen molar-refractivity contribution in [3.05, 3.63) is 0 Å². The van der Waals surface area contributed by atoms with Gasteiger partial charge < -0.3 is 15.8 Å². The predicted molar refractivity (Wildman–Crippen MR) is 71.0 cm³/mol. The topological polar surface area (TPSA) is 98.5 Å². The lowest BCUT2D eigenvalue weighted by atomic mass is 10.2. The second kappa shape index (κ2) is 9.29. The Balaban J connectivity index is 3.62. The smallest absolute Gasteiger partial charge is 0.237 e. The van der Waals surface area contributed by atoms with Crippen LogP contribution in [0.5, 0.6) is 0 Å². The van der Waals surface area contributed by atoms with Gasteiger partial charge in [0, 0.05) is 19.4 Å². The van der Waals surface area contributed by atoms with Gasteiger partial charge in [0.1, 0.15) is 9.84 Å². The molecule has 0 spiro atoms. The van der Waals surface area contributed by atoms with Crippen LogP contribution in [0.15, 0.2) is 0 Å². The van der Waals surface area contributed by atoms with Crippen LogP contribution < -0.4 is 11.1 Å². The molecule has 0 aliphatic carbocycles. The first-order valence-corrected chi connectivity index (χ1v) is 8.21. The van der Waals surface area contributed by atoms with Crippen molar-refractivity contribution < 1.29 is 17.9 Å². The molecule has 0 aliphatic heterocycles. The number of carbonyl (C=O) groups is 1. The number of rotatable bonds is 10. The molecule has 6 nitrogen and oxygen atoms in total. The average Bonchev–Trinajstić information content (AvgIpc) is 2.29. The minimum Gasteiger partial charge on any atom is -0.380 e. The first kappa shape index (κ1) is 17.3. The maximum atomic E-state index is 11.5. The molecule has 0 fully saturated rings. The van der Waals surface area contributed by atoms with E-state index in [1.807, 2.05) is 0 Å². The monoisotopic (exact) mass is 280 g/mol. The van der Waals surface area contributed by atoms with Crippen LogP contribution in [0.1, 0.15) is 26.2 Å². The van der Waals surface area contributed by atoms with E-state index in [0.29, 0.717) is 19.8 Å².